The van der Waals surface area contributed by atoms with Gasteiger partial charge in [-0.3, -0.25) is 14.5 Å². The molecule has 0 aliphatic carbocycles. The summed E-state index contributed by atoms with van der Waals surface area (Å²) in [5.74, 6) is 0.555. The van der Waals surface area contributed by atoms with E-state index in [0.717, 1.165) is 31.5 Å². The molecule has 0 saturated carbocycles. The van der Waals surface area contributed by atoms with Gasteiger partial charge in [0.25, 0.3) is 5.91 Å². The Kier molecular flexibility index (Phi) is 4.55. The van der Waals surface area contributed by atoms with Gasteiger partial charge in [-0.1, -0.05) is 18.9 Å². The maximum Gasteiger partial charge on any atom is 0.268 e. The van der Waals surface area contributed by atoms with E-state index in [2.05, 4.69) is 0 Å². The van der Waals surface area contributed by atoms with Gasteiger partial charge in [0.05, 0.1) is 5.69 Å². The Balaban J connectivity index is 1.82. The summed E-state index contributed by atoms with van der Waals surface area (Å²) in [6.07, 6.45) is 3.91. The molecule has 0 spiro atoms. The number of fused-ring (bicyclic) bond motifs is 1. The van der Waals surface area contributed by atoms with Crippen LogP contribution in [0.4, 0.5) is 5.69 Å². The minimum absolute atomic E-state index is 0.0295. The van der Waals surface area contributed by atoms with Crippen LogP contribution in [0, 0.1) is 6.92 Å². The van der Waals surface area contributed by atoms with E-state index in [9.17, 15) is 9.59 Å². The highest BCUT2D eigenvalue weighted by Gasteiger charge is 2.33. The molecule has 124 valence electrons. The molecule has 0 aromatic heterocycles. The number of carbonyl (C=O) groups excluding carboxylic acids is 2. The first-order valence-electron chi connectivity index (χ1n) is 8.43. The second-order valence-electron chi connectivity index (χ2n) is 6.45. The monoisotopic (exact) mass is 316 g/mol. The number of hydrogen-bond donors (Lipinski definition) is 0. The van der Waals surface area contributed by atoms with Crippen molar-refractivity contribution in [1.82, 2.24) is 4.90 Å². The summed E-state index contributed by atoms with van der Waals surface area (Å²) >= 11 is 0. The molecule has 2 aliphatic heterocycles. The van der Waals surface area contributed by atoms with Gasteiger partial charge in [0.1, 0.15) is 12.3 Å². The van der Waals surface area contributed by atoms with Crippen LogP contribution in [0.5, 0.6) is 5.75 Å². The predicted molar refractivity (Wildman–Crippen MR) is 88.7 cm³/mol. The fraction of sp³-hybridized carbons (Fsp3) is 0.556. The molecule has 5 heteroatoms. The largest absolute Gasteiger partial charge is 0.479 e. The fourth-order valence-corrected chi connectivity index (χ4v) is 3.24. The lowest BCUT2D eigenvalue weighted by atomic mass is 10.1. The molecule has 2 amide bonds. The summed E-state index contributed by atoms with van der Waals surface area (Å²) < 4.78 is 5.66. The Morgan fingerprint density at radius 3 is 2.61 bits per heavy atom. The Labute approximate surface area is 137 Å². The van der Waals surface area contributed by atoms with Crippen molar-refractivity contribution in [1.29, 1.82) is 0 Å². The first-order valence-corrected chi connectivity index (χ1v) is 8.43. The van der Waals surface area contributed by atoms with Crippen molar-refractivity contribution >= 4 is 17.5 Å². The van der Waals surface area contributed by atoms with Crippen LogP contribution >= 0.6 is 0 Å². The van der Waals surface area contributed by atoms with Crippen molar-refractivity contribution in [3.05, 3.63) is 23.8 Å². The van der Waals surface area contributed by atoms with Crippen LogP contribution in [-0.4, -0.2) is 42.5 Å². The molecule has 1 saturated heterocycles. The zero-order valence-electron chi connectivity index (χ0n) is 13.9. The van der Waals surface area contributed by atoms with E-state index < -0.39 is 6.10 Å². The molecule has 1 fully saturated rings. The van der Waals surface area contributed by atoms with E-state index in [0.29, 0.717) is 11.4 Å². The maximum absolute atomic E-state index is 12.7. The zero-order chi connectivity index (χ0) is 16.4. The molecule has 0 bridgehead atoms. The second-order valence-corrected chi connectivity index (χ2v) is 6.45. The van der Waals surface area contributed by atoms with E-state index in [-0.39, 0.29) is 18.4 Å². The van der Waals surface area contributed by atoms with Gasteiger partial charge in [0.2, 0.25) is 5.91 Å². The minimum Gasteiger partial charge on any atom is -0.479 e. The highest BCUT2D eigenvalue weighted by Crippen LogP contribution is 2.34. The average Bonchev–Trinajstić information content (AvgIpc) is 2.81. The van der Waals surface area contributed by atoms with Crippen molar-refractivity contribution in [3.8, 4) is 5.75 Å². The van der Waals surface area contributed by atoms with E-state index in [1.54, 1.807) is 11.8 Å². The van der Waals surface area contributed by atoms with Crippen LogP contribution < -0.4 is 9.64 Å². The van der Waals surface area contributed by atoms with Crippen LogP contribution in [0.15, 0.2) is 18.2 Å². The average molecular weight is 316 g/mol. The molecule has 2 heterocycles. The van der Waals surface area contributed by atoms with Gasteiger partial charge < -0.3 is 9.64 Å². The Morgan fingerprint density at radius 1 is 1.22 bits per heavy atom. The second kappa shape index (κ2) is 6.60. The van der Waals surface area contributed by atoms with Crippen molar-refractivity contribution in [3.63, 3.8) is 0 Å². The number of aryl methyl sites for hydroxylation is 1. The maximum atomic E-state index is 12.7. The van der Waals surface area contributed by atoms with Crippen LogP contribution in [0.25, 0.3) is 0 Å². The standard InChI is InChI=1S/C18H24N2O3/c1-13-7-8-16-15(11-13)20(18(22)14(2)23-16)12-17(21)19-9-5-3-4-6-10-19/h7-8,11,14H,3-6,9-10,12H2,1-2H3/t14-/m0/s1. The van der Waals surface area contributed by atoms with Gasteiger partial charge in [-0.15, -0.1) is 0 Å². The molecule has 5 nitrogen and oxygen atoms in total. The van der Waals surface area contributed by atoms with Crippen LogP contribution in [0.3, 0.4) is 0 Å². The first-order chi connectivity index (χ1) is 11.1. The zero-order valence-corrected chi connectivity index (χ0v) is 13.9. The molecule has 0 radical (unpaired) electrons. The highest BCUT2D eigenvalue weighted by atomic mass is 16.5. The van der Waals surface area contributed by atoms with Crippen molar-refractivity contribution in [2.75, 3.05) is 24.5 Å². The molecule has 0 unspecified atom stereocenters. The van der Waals surface area contributed by atoms with Crippen LogP contribution in [-0.2, 0) is 9.59 Å². The van der Waals surface area contributed by atoms with E-state index >= 15 is 0 Å². The smallest absolute Gasteiger partial charge is 0.268 e. The topological polar surface area (TPSA) is 49.9 Å². The van der Waals surface area contributed by atoms with Gasteiger partial charge >= 0.3 is 0 Å². The SMILES string of the molecule is Cc1ccc2c(c1)N(CC(=O)N1CCCCCC1)C(=O)[C@H](C)O2. The Bertz CT molecular complexity index is 606. The minimum atomic E-state index is -0.554. The molecule has 3 rings (SSSR count). The third kappa shape index (κ3) is 3.33. The third-order valence-corrected chi connectivity index (χ3v) is 4.57. The van der Waals surface area contributed by atoms with Crippen molar-refractivity contribution in [2.45, 2.75) is 45.6 Å². The summed E-state index contributed by atoms with van der Waals surface area (Å²) in [7, 11) is 0. The number of rotatable bonds is 2. The van der Waals surface area contributed by atoms with Gasteiger partial charge in [-0.05, 0) is 44.4 Å². The number of hydrogen-bond acceptors (Lipinski definition) is 3. The van der Waals surface area contributed by atoms with Gasteiger partial charge in [0.15, 0.2) is 6.10 Å². The van der Waals surface area contributed by atoms with E-state index in [1.165, 1.54) is 12.8 Å². The fourth-order valence-electron chi connectivity index (χ4n) is 3.24. The van der Waals surface area contributed by atoms with Gasteiger partial charge in [-0.25, -0.2) is 0 Å². The van der Waals surface area contributed by atoms with Gasteiger partial charge in [-0.2, -0.15) is 0 Å². The number of nitrogens with zero attached hydrogens (tertiary/aromatic N) is 2. The quantitative estimate of drug-likeness (QED) is 0.842. The molecule has 2 aliphatic rings. The van der Waals surface area contributed by atoms with Gasteiger partial charge in [0, 0.05) is 13.1 Å². The summed E-state index contributed by atoms with van der Waals surface area (Å²) in [4.78, 5) is 28.7. The molecular weight excluding hydrogens is 292 g/mol. The summed E-state index contributed by atoms with van der Waals surface area (Å²) in [6.45, 7) is 5.40. The lowest BCUT2D eigenvalue weighted by Gasteiger charge is -2.34. The van der Waals surface area contributed by atoms with Crippen molar-refractivity contribution in [2.24, 2.45) is 0 Å². The predicted octanol–water partition coefficient (Wildman–Crippen LogP) is 2.51. The molecule has 0 N–H and O–H groups in total. The number of anilines is 1. The molecule has 1 aromatic rings. The Hall–Kier alpha value is -2.04. The highest BCUT2D eigenvalue weighted by molar-refractivity contribution is 6.03. The van der Waals surface area contributed by atoms with Crippen LogP contribution in [0.2, 0.25) is 0 Å². The van der Waals surface area contributed by atoms with E-state index in [4.69, 9.17) is 4.74 Å². The Morgan fingerprint density at radius 2 is 1.91 bits per heavy atom. The van der Waals surface area contributed by atoms with E-state index in [1.807, 2.05) is 30.0 Å². The molecule has 1 atom stereocenters. The summed E-state index contributed by atoms with van der Waals surface area (Å²) in [5, 5.41) is 0. The summed E-state index contributed by atoms with van der Waals surface area (Å²) in [6, 6.07) is 5.74. The summed E-state index contributed by atoms with van der Waals surface area (Å²) in [5.41, 5.74) is 1.75. The lowest BCUT2D eigenvalue weighted by molar-refractivity contribution is -0.133. The third-order valence-electron chi connectivity index (χ3n) is 4.57. The number of benzene rings is 1. The van der Waals surface area contributed by atoms with Crippen LogP contribution in [0.1, 0.15) is 38.2 Å². The number of likely N-dealkylation sites (tertiary alicyclic amines) is 1. The number of ether oxygens (including phenoxy) is 1. The molecule has 23 heavy (non-hydrogen) atoms. The number of carbonyl (C=O) groups is 2. The lowest BCUT2D eigenvalue weighted by Crippen LogP contribution is -2.49. The normalized spacial score (nSPS) is 21.5. The van der Waals surface area contributed by atoms with Crippen molar-refractivity contribution < 1.29 is 14.3 Å². The molecule has 1 aromatic carbocycles. The molecular formula is C18H24N2O3. The number of amides is 2. The first kappa shape index (κ1) is 15.8.